The van der Waals surface area contributed by atoms with Crippen LogP contribution in [0.5, 0.6) is 11.5 Å². The molecule has 2 rings (SSSR count). The highest BCUT2D eigenvalue weighted by atomic mass is 16.5. The van der Waals surface area contributed by atoms with Gasteiger partial charge in [-0.25, -0.2) is 0 Å². The van der Waals surface area contributed by atoms with Gasteiger partial charge < -0.3 is 14.8 Å². The fourth-order valence-corrected chi connectivity index (χ4v) is 2.49. The topological polar surface area (TPSA) is 47.6 Å². The van der Waals surface area contributed by atoms with E-state index < -0.39 is 0 Å². The Labute approximate surface area is 114 Å². The molecular formula is C15H21NO3. The van der Waals surface area contributed by atoms with Gasteiger partial charge in [0.25, 0.3) is 0 Å². The van der Waals surface area contributed by atoms with Crippen LogP contribution >= 0.6 is 0 Å². The van der Waals surface area contributed by atoms with E-state index in [0.717, 1.165) is 24.2 Å². The molecule has 0 aliphatic heterocycles. The number of hydrogen-bond acceptors (Lipinski definition) is 4. The quantitative estimate of drug-likeness (QED) is 0.799. The lowest BCUT2D eigenvalue weighted by molar-refractivity contribution is 0.0896. The average molecular weight is 263 g/mol. The van der Waals surface area contributed by atoms with Crippen molar-refractivity contribution >= 4 is 5.78 Å². The standard InChI is InChI=1S/C15H21NO3/c1-10-7-13(19-4)11(8-12(10)18-3)14(17)15(5-6-15)9-16-2/h7-8,16H,5-6,9H2,1-4H3. The van der Waals surface area contributed by atoms with Crippen molar-refractivity contribution in [3.63, 3.8) is 0 Å². The molecule has 0 atom stereocenters. The highest BCUT2D eigenvalue weighted by molar-refractivity contribution is 6.05. The number of carbonyl (C=O) groups is 1. The van der Waals surface area contributed by atoms with E-state index in [0.29, 0.717) is 17.9 Å². The Balaban J connectivity index is 2.40. The zero-order valence-corrected chi connectivity index (χ0v) is 12.0. The summed E-state index contributed by atoms with van der Waals surface area (Å²) in [5, 5.41) is 3.11. The molecular weight excluding hydrogens is 242 g/mol. The second-order valence-corrected chi connectivity index (χ2v) is 5.16. The molecule has 0 amide bonds. The van der Waals surface area contributed by atoms with Gasteiger partial charge in [0, 0.05) is 12.0 Å². The molecule has 1 aromatic rings. The lowest BCUT2D eigenvalue weighted by Gasteiger charge is -2.17. The minimum Gasteiger partial charge on any atom is -0.496 e. The van der Waals surface area contributed by atoms with Gasteiger partial charge in [-0.05, 0) is 44.5 Å². The van der Waals surface area contributed by atoms with Gasteiger partial charge in [-0.1, -0.05) is 0 Å². The summed E-state index contributed by atoms with van der Waals surface area (Å²) in [6, 6.07) is 3.66. The summed E-state index contributed by atoms with van der Waals surface area (Å²) in [5.74, 6) is 1.51. The van der Waals surface area contributed by atoms with Crippen LogP contribution in [0.4, 0.5) is 0 Å². The number of ether oxygens (including phenoxy) is 2. The lowest BCUT2D eigenvalue weighted by atomic mass is 9.93. The average Bonchev–Trinajstić information content (AvgIpc) is 3.19. The summed E-state index contributed by atoms with van der Waals surface area (Å²) in [6.07, 6.45) is 1.87. The molecule has 0 radical (unpaired) electrons. The van der Waals surface area contributed by atoms with Crippen LogP contribution < -0.4 is 14.8 Å². The van der Waals surface area contributed by atoms with E-state index in [9.17, 15) is 4.79 Å². The predicted molar refractivity (Wildman–Crippen MR) is 74.2 cm³/mol. The van der Waals surface area contributed by atoms with Crippen molar-refractivity contribution in [1.29, 1.82) is 0 Å². The van der Waals surface area contributed by atoms with Gasteiger partial charge in [0.2, 0.25) is 0 Å². The summed E-state index contributed by atoms with van der Waals surface area (Å²) in [5.41, 5.74) is 1.34. The van der Waals surface area contributed by atoms with Crippen LogP contribution in [0.1, 0.15) is 28.8 Å². The zero-order chi connectivity index (χ0) is 14.0. The highest BCUT2D eigenvalue weighted by Gasteiger charge is 2.49. The fourth-order valence-electron chi connectivity index (χ4n) is 2.49. The van der Waals surface area contributed by atoms with Crippen molar-refractivity contribution in [3.8, 4) is 11.5 Å². The normalized spacial score (nSPS) is 16.0. The molecule has 1 saturated carbocycles. The van der Waals surface area contributed by atoms with E-state index in [1.807, 2.05) is 20.0 Å². The van der Waals surface area contributed by atoms with E-state index in [-0.39, 0.29) is 11.2 Å². The molecule has 1 N–H and O–H groups in total. The fraction of sp³-hybridized carbons (Fsp3) is 0.533. The molecule has 0 aromatic heterocycles. The third-order valence-electron chi connectivity index (χ3n) is 3.81. The van der Waals surface area contributed by atoms with Gasteiger partial charge in [0.05, 0.1) is 19.8 Å². The molecule has 1 aliphatic carbocycles. The largest absolute Gasteiger partial charge is 0.496 e. The Hall–Kier alpha value is -1.55. The first-order valence-electron chi connectivity index (χ1n) is 6.50. The van der Waals surface area contributed by atoms with Crippen molar-refractivity contribution in [2.45, 2.75) is 19.8 Å². The second kappa shape index (κ2) is 5.21. The SMILES string of the molecule is CNCC1(C(=O)c2cc(OC)c(C)cc2OC)CC1. The predicted octanol–water partition coefficient (Wildman–Crippen LogP) is 2.19. The molecule has 0 spiro atoms. The Morgan fingerprint density at radius 3 is 2.37 bits per heavy atom. The van der Waals surface area contributed by atoms with Crippen LogP contribution in [-0.4, -0.2) is 33.6 Å². The molecule has 1 aromatic carbocycles. The van der Waals surface area contributed by atoms with Crippen LogP contribution in [-0.2, 0) is 0 Å². The van der Waals surface area contributed by atoms with Crippen molar-refractivity contribution in [1.82, 2.24) is 5.32 Å². The molecule has 0 saturated heterocycles. The van der Waals surface area contributed by atoms with Gasteiger partial charge in [-0.2, -0.15) is 0 Å². The second-order valence-electron chi connectivity index (χ2n) is 5.16. The third-order valence-corrected chi connectivity index (χ3v) is 3.81. The Morgan fingerprint density at radius 1 is 1.26 bits per heavy atom. The van der Waals surface area contributed by atoms with Gasteiger partial charge in [-0.15, -0.1) is 0 Å². The van der Waals surface area contributed by atoms with E-state index in [2.05, 4.69) is 5.32 Å². The van der Waals surface area contributed by atoms with Crippen molar-refractivity contribution in [3.05, 3.63) is 23.3 Å². The van der Waals surface area contributed by atoms with E-state index >= 15 is 0 Å². The molecule has 0 bridgehead atoms. The number of ketones is 1. The summed E-state index contributed by atoms with van der Waals surface area (Å²) >= 11 is 0. The number of benzene rings is 1. The summed E-state index contributed by atoms with van der Waals surface area (Å²) in [4.78, 5) is 12.7. The van der Waals surface area contributed by atoms with Gasteiger partial charge in [0.1, 0.15) is 11.5 Å². The third kappa shape index (κ3) is 2.45. The Morgan fingerprint density at radius 2 is 1.89 bits per heavy atom. The van der Waals surface area contributed by atoms with Crippen molar-refractivity contribution in [2.24, 2.45) is 5.41 Å². The number of Topliss-reactive ketones (excluding diaryl/α,β-unsaturated/α-hetero) is 1. The smallest absolute Gasteiger partial charge is 0.174 e. The zero-order valence-electron chi connectivity index (χ0n) is 12.0. The minimum absolute atomic E-state index is 0.150. The van der Waals surface area contributed by atoms with Crippen molar-refractivity contribution in [2.75, 3.05) is 27.8 Å². The van der Waals surface area contributed by atoms with E-state index in [1.165, 1.54) is 0 Å². The summed E-state index contributed by atoms with van der Waals surface area (Å²) in [6.45, 7) is 2.65. The number of methoxy groups -OCH3 is 2. The molecule has 0 unspecified atom stereocenters. The molecule has 104 valence electrons. The van der Waals surface area contributed by atoms with Gasteiger partial charge in [-0.3, -0.25) is 4.79 Å². The van der Waals surface area contributed by atoms with Gasteiger partial charge in [0.15, 0.2) is 5.78 Å². The first-order chi connectivity index (χ1) is 9.07. The Bertz CT molecular complexity index is 492. The highest BCUT2D eigenvalue weighted by Crippen LogP contribution is 2.49. The summed E-state index contributed by atoms with van der Waals surface area (Å²) in [7, 11) is 5.08. The van der Waals surface area contributed by atoms with Crippen LogP contribution in [0.2, 0.25) is 0 Å². The number of carbonyl (C=O) groups excluding carboxylic acids is 1. The van der Waals surface area contributed by atoms with E-state index in [1.54, 1.807) is 20.3 Å². The van der Waals surface area contributed by atoms with Crippen LogP contribution in [0, 0.1) is 12.3 Å². The maximum atomic E-state index is 12.7. The van der Waals surface area contributed by atoms with Gasteiger partial charge >= 0.3 is 0 Å². The van der Waals surface area contributed by atoms with Crippen LogP contribution in [0.3, 0.4) is 0 Å². The van der Waals surface area contributed by atoms with Crippen LogP contribution in [0.25, 0.3) is 0 Å². The maximum absolute atomic E-state index is 12.7. The summed E-state index contributed by atoms with van der Waals surface area (Å²) < 4.78 is 10.7. The lowest BCUT2D eigenvalue weighted by Crippen LogP contribution is -2.28. The number of rotatable bonds is 6. The number of nitrogens with one attached hydrogen (secondary N) is 1. The first-order valence-corrected chi connectivity index (χ1v) is 6.50. The first kappa shape index (κ1) is 13.9. The molecule has 4 heteroatoms. The van der Waals surface area contributed by atoms with E-state index in [4.69, 9.17) is 9.47 Å². The number of aryl methyl sites for hydroxylation is 1. The van der Waals surface area contributed by atoms with Crippen molar-refractivity contribution < 1.29 is 14.3 Å². The monoisotopic (exact) mass is 263 g/mol. The molecule has 1 fully saturated rings. The number of hydrogen-bond donors (Lipinski definition) is 1. The Kier molecular flexibility index (Phi) is 3.80. The molecule has 4 nitrogen and oxygen atoms in total. The molecule has 0 heterocycles. The minimum atomic E-state index is -0.248. The molecule has 19 heavy (non-hydrogen) atoms. The van der Waals surface area contributed by atoms with Crippen LogP contribution in [0.15, 0.2) is 12.1 Å². The maximum Gasteiger partial charge on any atom is 0.174 e. The molecule has 1 aliphatic rings.